The van der Waals surface area contributed by atoms with Crippen molar-refractivity contribution in [2.75, 3.05) is 5.32 Å². The molecule has 104 valence electrons. The van der Waals surface area contributed by atoms with Gasteiger partial charge in [-0.3, -0.25) is 10.1 Å². The Morgan fingerprint density at radius 3 is 2.90 bits per heavy atom. The fraction of sp³-hybridized carbons (Fsp3) is 0.333. The van der Waals surface area contributed by atoms with Crippen molar-refractivity contribution in [3.8, 4) is 0 Å². The van der Waals surface area contributed by atoms with Gasteiger partial charge in [-0.25, -0.2) is 4.39 Å². The van der Waals surface area contributed by atoms with Crippen LogP contribution < -0.4 is 5.32 Å². The van der Waals surface area contributed by atoms with Crippen LogP contribution in [0, 0.1) is 15.9 Å². The van der Waals surface area contributed by atoms with Gasteiger partial charge >= 0.3 is 0 Å². The van der Waals surface area contributed by atoms with Crippen LogP contribution in [0.1, 0.15) is 30.5 Å². The van der Waals surface area contributed by atoms with Gasteiger partial charge in [0.25, 0.3) is 5.69 Å². The third kappa shape index (κ3) is 2.58. The maximum atomic E-state index is 13.6. The number of nitro benzene ring substituents is 1. The molecule has 3 rings (SSSR count). The zero-order valence-corrected chi connectivity index (χ0v) is 10.4. The summed E-state index contributed by atoms with van der Waals surface area (Å²) in [5.41, 5.74) is -0.136. The number of nitro groups is 1. The average Bonchev–Trinajstić information content (AvgIpc) is 3.17. The highest BCUT2D eigenvalue weighted by Crippen LogP contribution is 2.39. The molecular formula is C12H11FN4O3. The number of halogens is 1. The third-order valence-corrected chi connectivity index (χ3v) is 3.00. The molecule has 0 atom stereocenters. The molecule has 1 aliphatic rings. The minimum absolute atomic E-state index is 0.154. The Morgan fingerprint density at radius 1 is 1.45 bits per heavy atom. The van der Waals surface area contributed by atoms with Crippen molar-refractivity contribution in [3.63, 3.8) is 0 Å². The smallest absolute Gasteiger partial charge is 0.272 e. The molecule has 0 bridgehead atoms. The highest BCUT2D eigenvalue weighted by molar-refractivity contribution is 5.50. The van der Waals surface area contributed by atoms with Crippen LogP contribution in [0.2, 0.25) is 0 Å². The molecule has 1 aromatic heterocycles. The molecule has 0 radical (unpaired) electrons. The van der Waals surface area contributed by atoms with Crippen LogP contribution in [-0.4, -0.2) is 15.1 Å². The summed E-state index contributed by atoms with van der Waals surface area (Å²) in [5.74, 6) is 0.657. The van der Waals surface area contributed by atoms with Crippen molar-refractivity contribution in [1.82, 2.24) is 10.2 Å². The summed E-state index contributed by atoms with van der Waals surface area (Å²) in [4.78, 5) is 9.86. The van der Waals surface area contributed by atoms with E-state index in [0.717, 1.165) is 18.9 Å². The van der Waals surface area contributed by atoms with Crippen LogP contribution >= 0.6 is 0 Å². The number of nitrogens with one attached hydrogen (secondary N) is 1. The van der Waals surface area contributed by atoms with Gasteiger partial charge in [0.1, 0.15) is 0 Å². The number of nitrogens with zero attached hydrogens (tertiary/aromatic N) is 3. The predicted octanol–water partition coefficient (Wildman–Crippen LogP) is 2.61. The van der Waals surface area contributed by atoms with Gasteiger partial charge in [0.15, 0.2) is 5.82 Å². The second-order valence-corrected chi connectivity index (χ2v) is 4.58. The molecule has 0 unspecified atom stereocenters. The van der Waals surface area contributed by atoms with Gasteiger partial charge in [-0.2, -0.15) is 0 Å². The standard InChI is InChI=1S/C12H11FN4O3/c13-9-5-8(17(18)19)3-4-10(9)14-6-11-15-16-12(20-11)7-1-2-7/h3-5,7,14H,1-2,6H2. The lowest BCUT2D eigenvalue weighted by Crippen LogP contribution is -2.02. The van der Waals surface area contributed by atoms with E-state index >= 15 is 0 Å². The van der Waals surface area contributed by atoms with E-state index in [1.54, 1.807) is 0 Å². The van der Waals surface area contributed by atoms with Crippen molar-refractivity contribution in [1.29, 1.82) is 0 Å². The number of anilines is 1. The molecule has 0 aliphatic heterocycles. The number of rotatable bonds is 5. The summed E-state index contributed by atoms with van der Waals surface area (Å²) < 4.78 is 19.0. The van der Waals surface area contributed by atoms with E-state index in [4.69, 9.17) is 4.42 Å². The Kier molecular flexibility index (Phi) is 3.05. The second-order valence-electron chi connectivity index (χ2n) is 4.58. The lowest BCUT2D eigenvalue weighted by molar-refractivity contribution is -0.385. The predicted molar refractivity (Wildman–Crippen MR) is 66.7 cm³/mol. The van der Waals surface area contributed by atoms with Gasteiger partial charge in [-0.1, -0.05) is 0 Å². The van der Waals surface area contributed by atoms with Gasteiger partial charge in [-0.15, -0.1) is 10.2 Å². The van der Waals surface area contributed by atoms with Gasteiger partial charge in [0.2, 0.25) is 11.8 Å². The first-order valence-electron chi connectivity index (χ1n) is 6.13. The zero-order valence-electron chi connectivity index (χ0n) is 10.4. The second kappa shape index (κ2) is 4.87. The normalized spacial score (nSPS) is 14.2. The first-order chi connectivity index (χ1) is 9.63. The number of hydrogen-bond acceptors (Lipinski definition) is 6. The minimum Gasteiger partial charge on any atom is -0.423 e. The molecule has 7 nitrogen and oxygen atoms in total. The van der Waals surface area contributed by atoms with Crippen LogP contribution in [0.5, 0.6) is 0 Å². The Bertz CT molecular complexity index is 654. The van der Waals surface area contributed by atoms with E-state index in [-0.39, 0.29) is 17.9 Å². The summed E-state index contributed by atoms with van der Waals surface area (Å²) in [6, 6.07) is 3.41. The average molecular weight is 278 g/mol. The van der Waals surface area contributed by atoms with Crippen LogP contribution in [0.4, 0.5) is 15.8 Å². The molecule has 1 saturated carbocycles. The highest BCUT2D eigenvalue weighted by Gasteiger charge is 2.29. The first-order valence-corrected chi connectivity index (χ1v) is 6.13. The van der Waals surface area contributed by atoms with Crippen molar-refractivity contribution >= 4 is 11.4 Å². The van der Waals surface area contributed by atoms with E-state index in [1.807, 2.05) is 0 Å². The molecule has 1 fully saturated rings. The molecule has 0 amide bonds. The lowest BCUT2D eigenvalue weighted by atomic mass is 10.2. The molecule has 2 aromatic rings. The summed E-state index contributed by atoms with van der Waals surface area (Å²) in [6.45, 7) is 0.175. The van der Waals surface area contributed by atoms with E-state index in [2.05, 4.69) is 15.5 Å². The van der Waals surface area contributed by atoms with Crippen LogP contribution in [0.3, 0.4) is 0 Å². The minimum atomic E-state index is -0.693. The van der Waals surface area contributed by atoms with E-state index in [1.165, 1.54) is 12.1 Å². The van der Waals surface area contributed by atoms with E-state index in [9.17, 15) is 14.5 Å². The Labute approximate surface area is 113 Å². The maximum Gasteiger partial charge on any atom is 0.272 e. The number of non-ortho nitro benzene ring substituents is 1. The Balaban J connectivity index is 1.66. The van der Waals surface area contributed by atoms with Gasteiger partial charge in [-0.05, 0) is 18.9 Å². The van der Waals surface area contributed by atoms with Gasteiger partial charge in [0.05, 0.1) is 23.2 Å². The number of benzene rings is 1. The first kappa shape index (κ1) is 12.5. The molecule has 1 N–H and O–H groups in total. The molecule has 1 heterocycles. The molecule has 20 heavy (non-hydrogen) atoms. The molecule has 0 saturated heterocycles. The van der Waals surface area contributed by atoms with Crippen LogP contribution in [-0.2, 0) is 6.54 Å². The van der Waals surface area contributed by atoms with Crippen LogP contribution in [0.15, 0.2) is 22.6 Å². The molecular weight excluding hydrogens is 267 g/mol. The molecule has 1 aromatic carbocycles. The van der Waals surface area contributed by atoms with Crippen molar-refractivity contribution in [3.05, 3.63) is 45.9 Å². The van der Waals surface area contributed by atoms with Crippen molar-refractivity contribution < 1.29 is 13.7 Å². The van der Waals surface area contributed by atoms with E-state index in [0.29, 0.717) is 17.7 Å². The SMILES string of the molecule is O=[N+]([O-])c1ccc(NCc2nnc(C3CC3)o2)c(F)c1. The largest absolute Gasteiger partial charge is 0.423 e. The Hall–Kier alpha value is -2.51. The fourth-order valence-electron chi connectivity index (χ4n) is 1.77. The number of hydrogen-bond donors (Lipinski definition) is 1. The summed E-state index contributed by atoms with van der Waals surface area (Å²) in [6.07, 6.45) is 2.12. The molecule has 1 aliphatic carbocycles. The lowest BCUT2D eigenvalue weighted by Gasteiger charge is -2.04. The van der Waals surface area contributed by atoms with E-state index < -0.39 is 10.7 Å². The topological polar surface area (TPSA) is 94.1 Å². The maximum absolute atomic E-state index is 13.6. The zero-order chi connectivity index (χ0) is 14.1. The highest BCUT2D eigenvalue weighted by atomic mass is 19.1. The van der Waals surface area contributed by atoms with Gasteiger partial charge in [0, 0.05) is 12.0 Å². The fourth-order valence-corrected chi connectivity index (χ4v) is 1.77. The summed E-state index contributed by atoms with van der Waals surface area (Å²) in [5, 5.41) is 21.0. The van der Waals surface area contributed by atoms with Crippen LogP contribution in [0.25, 0.3) is 0 Å². The van der Waals surface area contributed by atoms with Crippen molar-refractivity contribution in [2.45, 2.75) is 25.3 Å². The summed E-state index contributed by atoms with van der Waals surface area (Å²) >= 11 is 0. The monoisotopic (exact) mass is 278 g/mol. The Morgan fingerprint density at radius 2 is 2.25 bits per heavy atom. The molecule has 8 heteroatoms. The molecule has 0 spiro atoms. The van der Waals surface area contributed by atoms with Crippen molar-refractivity contribution in [2.24, 2.45) is 0 Å². The summed E-state index contributed by atoms with van der Waals surface area (Å²) in [7, 11) is 0. The third-order valence-electron chi connectivity index (χ3n) is 3.00. The van der Waals surface area contributed by atoms with Gasteiger partial charge < -0.3 is 9.73 Å². The quantitative estimate of drug-likeness (QED) is 0.667. The number of aromatic nitrogens is 2.